The van der Waals surface area contributed by atoms with Gasteiger partial charge in [0, 0.05) is 15.4 Å². The second kappa shape index (κ2) is 12.1. The number of nitrogens with zero attached hydrogens (tertiary/aromatic N) is 2. The van der Waals surface area contributed by atoms with Crippen LogP contribution in [0, 0.1) is 43.5 Å². The average Bonchev–Trinajstić information content (AvgIpc) is 2.58. The van der Waals surface area contributed by atoms with Crippen molar-refractivity contribution in [2.75, 3.05) is 13.6 Å². The quantitative estimate of drug-likeness (QED) is 0.360. The zero-order valence-electron chi connectivity index (χ0n) is 14.2. The van der Waals surface area contributed by atoms with Crippen LogP contribution in [-0.2, 0) is 0 Å². The topological polar surface area (TPSA) is 124 Å². The molecule has 0 aromatic heterocycles. The Morgan fingerprint density at radius 2 is 1.46 bits per heavy atom. The maximum absolute atomic E-state index is 12.9. The summed E-state index contributed by atoms with van der Waals surface area (Å²) in [4.78, 5) is 27.5. The predicted octanol–water partition coefficient (Wildman–Crippen LogP) is 2.95. The molecule has 0 bridgehead atoms. The van der Waals surface area contributed by atoms with Crippen molar-refractivity contribution < 1.29 is 37.3 Å². The standard InChI is InChI=1S/C8H7F2NO3.C7H4F2O.CH3NO2/c9-5-1-2-7(10)6(3-5)8(12)4-11(13)14;8-6-1-2-7(9)5(3-6)4-10;1-2(3)4/h1-3,8,12H,4H2;1-4H;1H3/t8-;;/m0../s1. The number of aliphatic hydroxyl groups is 1. The molecule has 8 nitrogen and oxygen atoms in total. The predicted molar refractivity (Wildman–Crippen MR) is 87.8 cm³/mol. The Hall–Kier alpha value is -3.41. The average molecular weight is 406 g/mol. The molecule has 2 aromatic rings. The van der Waals surface area contributed by atoms with Gasteiger partial charge in [0.05, 0.1) is 5.56 Å². The summed E-state index contributed by atoms with van der Waals surface area (Å²) in [6.07, 6.45) is -1.35. The van der Waals surface area contributed by atoms with E-state index in [1.54, 1.807) is 0 Å². The lowest BCUT2D eigenvalue weighted by atomic mass is 10.1. The molecule has 1 N–H and O–H groups in total. The van der Waals surface area contributed by atoms with Crippen molar-refractivity contribution in [1.29, 1.82) is 0 Å². The SMILES string of the molecule is C[N+](=O)[O-].O=Cc1cc(F)ccc1F.O=[N+]([O-])C[C@H](O)c1cc(F)ccc1F. The summed E-state index contributed by atoms with van der Waals surface area (Å²) >= 11 is 0. The van der Waals surface area contributed by atoms with Gasteiger partial charge in [-0.1, -0.05) is 0 Å². The van der Waals surface area contributed by atoms with Gasteiger partial charge in [-0.3, -0.25) is 25.0 Å². The smallest absolute Gasteiger partial charge is 0.233 e. The highest BCUT2D eigenvalue weighted by molar-refractivity contribution is 5.74. The van der Waals surface area contributed by atoms with Crippen LogP contribution in [0.2, 0.25) is 0 Å². The zero-order valence-corrected chi connectivity index (χ0v) is 14.2. The molecular formula is C16H14F4N2O6. The monoisotopic (exact) mass is 406 g/mol. The van der Waals surface area contributed by atoms with Crippen LogP contribution in [-0.4, -0.2) is 34.8 Å². The minimum Gasteiger partial charge on any atom is -0.381 e. The van der Waals surface area contributed by atoms with Crippen LogP contribution in [0.3, 0.4) is 0 Å². The highest BCUT2D eigenvalue weighted by Gasteiger charge is 2.18. The van der Waals surface area contributed by atoms with Crippen molar-refractivity contribution >= 4 is 6.29 Å². The third kappa shape index (κ3) is 9.91. The molecule has 0 saturated heterocycles. The first-order chi connectivity index (χ1) is 13.0. The Bertz CT molecular complexity index is 831. The van der Waals surface area contributed by atoms with Crippen molar-refractivity contribution in [3.8, 4) is 0 Å². The molecule has 152 valence electrons. The first kappa shape index (κ1) is 24.6. The number of benzene rings is 2. The lowest BCUT2D eigenvalue weighted by Crippen LogP contribution is -2.13. The van der Waals surface area contributed by atoms with Gasteiger partial charge in [0.1, 0.15) is 29.4 Å². The van der Waals surface area contributed by atoms with E-state index in [1.165, 1.54) is 0 Å². The maximum atomic E-state index is 12.9. The summed E-state index contributed by atoms with van der Waals surface area (Å²) in [5.41, 5.74) is -0.651. The maximum Gasteiger partial charge on any atom is 0.233 e. The van der Waals surface area contributed by atoms with Crippen molar-refractivity contribution in [2.24, 2.45) is 0 Å². The molecule has 2 aromatic carbocycles. The molecule has 0 spiro atoms. The van der Waals surface area contributed by atoms with Gasteiger partial charge in [-0.25, -0.2) is 17.6 Å². The van der Waals surface area contributed by atoms with Gasteiger partial charge in [0.2, 0.25) is 6.54 Å². The largest absolute Gasteiger partial charge is 0.381 e. The fraction of sp³-hybridized carbons (Fsp3) is 0.188. The highest BCUT2D eigenvalue weighted by atomic mass is 19.1. The summed E-state index contributed by atoms with van der Waals surface area (Å²) in [7, 11) is 0.889. The zero-order chi connectivity index (χ0) is 21.9. The van der Waals surface area contributed by atoms with E-state index in [0.717, 1.165) is 43.4 Å². The molecule has 0 unspecified atom stereocenters. The van der Waals surface area contributed by atoms with Gasteiger partial charge in [-0.15, -0.1) is 0 Å². The molecule has 0 amide bonds. The number of nitro groups is 2. The fourth-order valence-electron chi connectivity index (χ4n) is 1.61. The second-order valence-corrected chi connectivity index (χ2v) is 4.92. The Morgan fingerprint density at radius 1 is 1.00 bits per heavy atom. The van der Waals surface area contributed by atoms with Crippen molar-refractivity contribution in [1.82, 2.24) is 0 Å². The lowest BCUT2D eigenvalue weighted by molar-refractivity contribution is -0.491. The summed E-state index contributed by atoms with van der Waals surface area (Å²) in [6, 6.07) is 5.15. The minimum absolute atomic E-state index is 0.250. The molecular weight excluding hydrogens is 392 g/mol. The van der Waals surface area contributed by atoms with Crippen molar-refractivity contribution in [3.63, 3.8) is 0 Å². The van der Waals surface area contributed by atoms with Gasteiger partial charge in [0.15, 0.2) is 13.3 Å². The molecule has 0 fully saturated rings. The number of aliphatic hydroxyl groups excluding tert-OH is 1. The summed E-state index contributed by atoms with van der Waals surface area (Å²) in [5.74, 6) is -2.91. The number of rotatable bonds is 4. The molecule has 2 rings (SSSR count). The molecule has 0 heterocycles. The summed E-state index contributed by atoms with van der Waals surface area (Å²) in [6.45, 7) is -0.847. The molecule has 12 heteroatoms. The Kier molecular flexibility index (Phi) is 10.6. The molecule has 1 atom stereocenters. The van der Waals surface area contributed by atoms with Crippen LogP contribution in [0.4, 0.5) is 17.6 Å². The van der Waals surface area contributed by atoms with E-state index in [2.05, 4.69) is 0 Å². The Balaban J connectivity index is 0.000000454. The van der Waals surface area contributed by atoms with E-state index < -0.39 is 51.3 Å². The molecule has 0 aliphatic heterocycles. The molecule has 0 saturated carbocycles. The minimum atomic E-state index is -1.62. The highest BCUT2D eigenvalue weighted by Crippen LogP contribution is 2.18. The summed E-state index contributed by atoms with van der Waals surface area (Å²) < 4.78 is 50.1. The van der Waals surface area contributed by atoms with E-state index in [4.69, 9.17) is 15.2 Å². The van der Waals surface area contributed by atoms with Crippen LogP contribution in [0.5, 0.6) is 0 Å². The van der Waals surface area contributed by atoms with E-state index in [0.29, 0.717) is 0 Å². The van der Waals surface area contributed by atoms with Gasteiger partial charge >= 0.3 is 0 Å². The third-order valence-corrected chi connectivity index (χ3v) is 2.72. The van der Waals surface area contributed by atoms with E-state index in [1.807, 2.05) is 0 Å². The number of carbonyl (C=O) groups is 1. The van der Waals surface area contributed by atoms with E-state index >= 15 is 0 Å². The first-order valence-electron chi connectivity index (χ1n) is 7.21. The molecule has 0 aliphatic rings. The van der Waals surface area contributed by atoms with Gasteiger partial charge < -0.3 is 5.11 Å². The number of hydrogen-bond acceptors (Lipinski definition) is 6. The lowest BCUT2D eigenvalue weighted by Gasteiger charge is -2.07. The molecule has 28 heavy (non-hydrogen) atoms. The molecule has 0 aliphatic carbocycles. The Labute approximate surface area is 155 Å². The van der Waals surface area contributed by atoms with Crippen LogP contribution in [0.1, 0.15) is 22.0 Å². The van der Waals surface area contributed by atoms with E-state index in [-0.39, 0.29) is 11.8 Å². The van der Waals surface area contributed by atoms with Crippen molar-refractivity contribution in [2.45, 2.75) is 6.10 Å². The van der Waals surface area contributed by atoms with Crippen LogP contribution < -0.4 is 0 Å². The van der Waals surface area contributed by atoms with Gasteiger partial charge in [0.25, 0.3) is 0 Å². The van der Waals surface area contributed by atoms with Crippen LogP contribution in [0.25, 0.3) is 0 Å². The van der Waals surface area contributed by atoms with E-state index in [9.17, 15) is 32.5 Å². The number of aldehydes is 1. The normalized spacial score (nSPS) is 10.5. The number of halogens is 4. The Morgan fingerprint density at radius 3 is 1.89 bits per heavy atom. The number of hydrogen-bond donors (Lipinski definition) is 1. The van der Waals surface area contributed by atoms with Gasteiger partial charge in [-0.05, 0) is 36.4 Å². The van der Waals surface area contributed by atoms with Crippen LogP contribution >= 0.6 is 0 Å². The number of carbonyl (C=O) groups excluding carboxylic acids is 1. The first-order valence-corrected chi connectivity index (χ1v) is 7.21. The second-order valence-electron chi connectivity index (χ2n) is 4.92. The fourth-order valence-corrected chi connectivity index (χ4v) is 1.61. The molecule has 0 radical (unpaired) electrons. The summed E-state index contributed by atoms with van der Waals surface area (Å²) in [5, 5.41) is 28.0. The van der Waals surface area contributed by atoms with Crippen LogP contribution in [0.15, 0.2) is 36.4 Å². The van der Waals surface area contributed by atoms with Gasteiger partial charge in [-0.2, -0.15) is 0 Å². The third-order valence-electron chi connectivity index (χ3n) is 2.72. The van der Waals surface area contributed by atoms with Crippen molar-refractivity contribution in [3.05, 3.63) is 91.0 Å².